The quantitative estimate of drug-likeness (QED) is 0.0725. The number of hydrogen-bond donors (Lipinski definition) is 7. The molecule has 0 unspecified atom stereocenters. The predicted octanol–water partition coefficient (Wildman–Crippen LogP) is 4.74. The van der Waals surface area contributed by atoms with Gasteiger partial charge in [-0.15, -0.1) is 0 Å². The molecule has 0 spiro atoms. The normalized spacial score (nSPS) is 14.6. The summed E-state index contributed by atoms with van der Waals surface area (Å²) in [6.45, 7) is 0.839. The summed E-state index contributed by atoms with van der Waals surface area (Å²) in [5, 5.41) is 46.3. The molecule has 1 amide bonds. The summed E-state index contributed by atoms with van der Waals surface area (Å²) in [5.41, 5.74) is 5.34. The third-order valence-corrected chi connectivity index (χ3v) is 9.45. The van der Waals surface area contributed by atoms with Crippen LogP contribution in [0.2, 0.25) is 5.02 Å². The molecule has 1 aliphatic carbocycles. The van der Waals surface area contributed by atoms with Crippen molar-refractivity contribution in [3.05, 3.63) is 98.1 Å². The van der Waals surface area contributed by atoms with Gasteiger partial charge >= 0.3 is 11.9 Å². The highest BCUT2D eigenvalue weighted by Gasteiger charge is 2.29. The van der Waals surface area contributed by atoms with Crippen LogP contribution in [0.25, 0.3) is 11.1 Å². The molecule has 2 heterocycles. The van der Waals surface area contributed by atoms with E-state index in [4.69, 9.17) is 31.3 Å². The molecule has 2 aromatic carbocycles. The third kappa shape index (κ3) is 10.5. The van der Waals surface area contributed by atoms with Gasteiger partial charge in [0.05, 0.1) is 47.2 Å². The van der Waals surface area contributed by atoms with E-state index in [1.165, 1.54) is 7.11 Å². The zero-order valence-electron chi connectivity index (χ0n) is 28.6. The Balaban J connectivity index is 1.25. The molecule has 7 N–H and O–H groups in total. The monoisotopic (exact) mass is 811 g/mol. The number of nitrogens with one attached hydrogen (secondary N) is 3. The Morgan fingerprint density at radius 2 is 1.62 bits per heavy atom. The second-order valence-electron chi connectivity index (χ2n) is 12.4. The topological polar surface area (TPSA) is 212 Å². The second kappa shape index (κ2) is 18.4. The highest BCUT2D eigenvalue weighted by Crippen LogP contribution is 2.43. The number of carbonyl (C=O) groups is 3. The molecule has 14 nitrogen and oxygen atoms in total. The number of aliphatic hydroxyl groups is 2. The maximum atomic E-state index is 13.4. The van der Waals surface area contributed by atoms with Gasteiger partial charge in [0.1, 0.15) is 11.9 Å². The molecule has 0 saturated heterocycles. The van der Waals surface area contributed by atoms with Crippen LogP contribution in [0.5, 0.6) is 11.8 Å². The Bertz CT molecular complexity index is 1950. The van der Waals surface area contributed by atoms with Gasteiger partial charge in [0.15, 0.2) is 0 Å². The van der Waals surface area contributed by atoms with E-state index < -0.39 is 30.1 Å². The highest BCUT2D eigenvalue weighted by atomic mass is 79.9. The minimum absolute atomic E-state index is 0.0850. The Labute approximate surface area is 318 Å². The number of hydrogen-bond acceptors (Lipinski definition) is 11. The zero-order valence-corrected chi connectivity index (χ0v) is 31.0. The largest absolute Gasteiger partial charge is 0.481 e. The fourth-order valence-corrected chi connectivity index (χ4v) is 6.78. The van der Waals surface area contributed by atoms with Crippen molar-refractivity contribution in [2.24, 2.45) is 0 Å². The molecule has 0 radical (unpaired) electrons. The number of aliphatic carboxylic acids is 2. The predicted molar refractivity (Wildman–Crippen MR) is 199 cm³/mol. The van der Waals surface area contributed by atoms with Gasteiger partial charge in [-0.1, -0.05) is 48.0 Å². The van der Waals surface area contributed by atoms with Crippen LogP contribution < -0.4 is 25.4 Å². The van der Waals surface area contributed by atoms with Gasteiger partial charge in [0.2, 0.25) is 11.8 Å². The van der Waals surface area contributed by atoms with Crippen LogP contribution in [0, 0.1) is 0 Å². The van der Waals surface area contributed by atoms with Gasteiger partial charge in [-0.25, -0.2) is 4.98 Å². The first-order valence-corrected chi connectivity index (χ1v) is 17.9. The number of halogens is 2. The maximum Gasteiger partial charge on any atom is 0.306 e. The molecule has 2 aromatic heterocycles. The molecule has 5 rings (SSSR count). The van der Waals surface area contributed by atoms with Gasteiger partial charge in [-0.2, -0.15) is 4.98 Å². The minimum Gasteiger partial charge on any atom is -0.481 e. The van der Waals surface area contributed by atoms with Crippen LogP contribution >= 0.6 is 27.5 Å². The summed E-state index contributed by atoms with van der Waals surface area (Å²) in [4.78, 5) is 43.8. The number of amides is 1. The Morgan fingerprint density at radius 3 is 2.28 bits per heavy atom. The Kier molecular flexibility index (Phi) is 13.7. The first kappa shape index (κ1) is 39.6. The van der Waals surface area contributed by atoms with E-state index in [9.17, 15) is 24.6 Å². The van der Waals surface area contributed by atoms with Crippen molar-refractivity contribution >= 4 is 51.2 Å². The summed E-state index contributed by atoms with van der Waals surface area (Å²) >= 11 is 10.5. The van der Waals surface area contributed by atoms with Crippen LogP contribution in [0.3, 0.4) is 0 Å². The van der Waals surface area contributed by atoms with E-state index in [1.54, 1.807) is 36.5 Å². The average molecular weight is 813 g/mol. The molecule has 280 valence electrons. The first-order chi connectivity index (χ1) is 25.4. The van der Waals surface area contributed by atoms with Gasteiger partial charge in [0, 0.05) is 43.5 Å². The Hall–Kier alpha value is -4.64. The van der Waals surface area contributed by atoms with Crippen molar-refractivity contribution in [3.8, 4) is 22.9 Å². The van der Waals surface area contributed by atoms with E-state index >= 15 is 0 Å². The number of pyridine rings is 2. The summed E-state index contributed by atoms with van der Waals surface area (Å²) in [5.74, 6) is -1.60. The third-order valence-electron chi connectivity index (χ3n) is 8.47. The Morgan fingerprint density at radius 1 is 0.943 bits per heavy atom. The number of aromatic nitrogens is 2. The van der Waals surface area contributed by atoms with Crippen LogP contribution in [0.15, 0.2) is 65.3 Å². The van der Waals surface area contributed by atoms with Crippen LogP contribution in [-0.4, -0.2) is 80.6 Å². The first-order valence-electron chi connectivity index (χ1n) is 16.7. The lowest BCUT2D eigenvalue weighted by Gasteiger charge is -2.18. The molecular formula is C37H39BrClN5O9. The van der Waals surface area contributed by atoms with Gasteiger partial charge in [-0.05, 0) is 69.2 Å². The number of nitrogens with zero attached hydrogens (tertiary/aromatic N) is 2. The van der Waals surface area contributed by atoms with E-state index in [-0.39, 0.29) is 49.2 Å². The molecule has 3 atom stereocenters. The van der Waals surface area contributed by atoms with Crippen molar-refractivity contribution in [2.45, 2.75) is 57.1 Å². The highest BCUT2D eigenvalue weighted by molar-refractivity contribution is 9.10. The summed E-state index contributed by atoms with van der Waals surface area (Å²) in [6.07, 6.45) is -0.123. The van der Waals surface area contributed by atoms with Crippen molar-refractivity contribution in [2.75, 3.05) is 25.5 Å². The molecule has 0 fully saturated rings. The molecule has 53 heavy (non-hydrogen) atoms. The number of benzene rings is 2. The number of carboxylic acid groups (broad SMARTS) is 2. The van der Waals surface area contributed by atoms with Gasteiger partial charge in [-0.3, -0.25) is 14.4 Å². The van der Waals surface area contributed by atoms with Crippen LogP contribution in [0.4, 0.5) is 5.82 Å². The molecule has 0 aliphatic heterocycles. The van der Waals surface area contributed by atoms with Gasteiger partial charge < -0.3 is 45.9 Å². The van der Waals surface area contributed by atoms with E-state index in [2.05, 4.69) is 41.8 Å². The fraction of sp³-hybridized carbons (Fsp3) is 0.324. The number of methoxy groups -OCH3 is 1. The SMILES string of the molecule is COc1nc(O[C@H]2CCc3c(-c4cccc(C(=O)Nc5ccc(CNC[C@@H](O)CC(=O)O)cn5)c4Cl)cccc32)c(Br)cc1CNC[C@@H](O)CC(=O)O. The molecule has 1 aliphatic rings. The number of fused-ring (bicyclic) bond motifs is 1. The van der Waals surface area contributed by atoms with Crippen LogP contribution in [0.1, 0.15) is 58.0 Å². The van der Waals surface area contributed by atoms with Gasteiger partial charge in [0.25, 0.3) is 5.91 Å². The molecule has 0 saturated carbocycles. The standard InChI is InChI=1S/C37H39BrClN5O9/c1-52-36-21(17-41-19-23(46)14-33(49)50)12-29(38)37(44-36)53-30-10-9-25-24(4-2-5-26(25)30)27-6-3-7-28(34(27)39)35(51)43-31-11-8-20(16-42-31)15-40-18-22(45)13-32(47)48/h2-8,11-12,16,22-23,30,40-41,45-46H,9-10,13-15,17-19H2,1H3,(H,47,48)(H,49,50)(H,42,43,51)/t22-,23-,30-/m0/s1. The van der Waals surface area contributed by atoms with E-state index in [0.29, 0.717) is 52.6 Å². The number of ether oxygens (including phenoxy) is 2. The summed E-state index contributed by atoms with van der Waals surface area (Å²) < 4.78 is 12.5. The summed E-state index contributed by atoms with van der Waals surface area (Å²) in [6, 6.07) is 16.4. The fourth-order valence-electron chi connectivity index (χ4n) is 6.01. The summed E-state index contributed by atoms with van der Waals surface area (Å²) in [7, 11) is 1.49. The number of carbonyl (C=O) groups excluding carboxylic acids is 1. The van der Waals surface area contributed by atoms with Crippen LogP contribution in [-0.2, 0) is 29.1 Å². The van der Waals surface area contributed by atoms with E-state index in [1.807, 2.05) is 24.3 Å². The van der Waals surface area contributed by atoms with Crippen molar-refractivity contribution in [1.82, 2.24) is 20.6 Å². The van der Waals surface area contributed by atoms with E-state index in [0.717, 1.165) is 22.3 Å². The number of anilines is 1. The lowest BCUT2D eigenvalue weighted by molar-refractivity contribution is -0.140. The second-order valence-corrected chi connectivity index (χ2v) is 13.6. The smallest absolute Gasteiger partial charge is 0.306 e. The minimum atomic E-state index is -1.08. The average Bonchev–Trinajstić information content (AvgIpc) is 3.52. The number of rotatable bonds is 18. The molecule has 16 heteroatoms. The van der Waals surface area contributed by atoms with Crippen molar-refractivity contribution in [1.29, 1.82) is 0 Å². The molecule has 0 bridgehead atoms. The number of aliphatic hydroxyl groups excluding tert-OH is 2. The van der Waals surface area contributed by atoms with Crippen molar-refractivity contribution in [3.63, 3.8) is 0 Å². The zero-order chi connectivity index (χ0) is 38.1. The molecule has 4 aromatic rings. The number of carboxylic acids is 2. The molecular weight excluding hydrogens is 774 g/mol. The maximum absolute atomic E-state index is 13.4. The van der Waals surface area contributed by atoms with Crippen molar-refractivity contribution < 1.29 is 44.3 Å². The lowest BCUT2D eigenvalue weighted by atomic mass is 9.95. The lowest BCUT2D eigenvalue weighted by Crippen LogP contribution is -2.28.